The molecule has 1 aliphatic carbocycles. The fraction of sp³-hybridized carbons (Fsp3) is 0.400. The summed E-state index contributed by atoms with van der Waals surface area (Å²) < 4.78 is 0. The van der Waals surface area contributed by atoms with E-state index in [0.29, 0.717) is 0 Å². The molecule has 0 bridgehead atoms. The number of hydrogen-bond acceptors (Lipinski definition) is 1. The quantitative estimate of drug-likeness (QED) is 0.694. The van der Waals surface area contributed by atoms with Gasteiger partial charge in [0.1, 0.15) is 0 Å². The van der Waals surface area contributed by atoms with Crippen molar-refractivity contribution in [1.82, 2.24) is 0 Å². The van der Waals surface area contributed by atoms with Crippen molar-refractivity contribution >= 4 is 11.6 Å². The van der Waals surface area contributed by atoms with E-state index in [4.69, 9.17) is 17.3 Å². The molecule has 1 nitrogen and oxygen atoms in total. The largest absolute Gasteiger partial charge is 0.324 e. The summed E-state index contributed by atoms with van der Waals surface area (Å²) in [4.78, 5) is 0. The Morgan fingerprint density at radius 2 is 2.00 bits per heavy atom. The molecule has 2 atom stereocenters. The topological polar surface area (TPSA) is 26.0 Å². The predicted molar refractivity (Wildman–Crippen MR) is 51.3 cm³/mol. The lowest BCUT2D eigenvalue weighted by Gasteiger charge is -2.08. The molecule has 64 valence electrons. The third-order valence-corrected chi connectivity index (χ3v) is 2.99. The van der Waals surface area contributed by atoms with Gasteiger partial charge in [0.25, 0.3) is 0 Å². The first-order valence-corrected chi connectivity index (χ1v) is 4.61. The fourth-order valence-corrected chi connectivity index (χ4v) is 1.80. The molecule has 0 heterocycles. The summed E-state index contributed by atoms with van der Waals surface area (Å²) in [5.74, 6) is 0. The molecule has 0 spiro atoms. The van der Waals surface area contributed by atoms with Gasteiger partial charge in [-0.05, 0) is 18.4 Å². The molecule has 0 aliphatic heterocycles. The number of benzene rings is 1. The van der Waals surface area contributed by atoms with Gasteiger partial charge in [-0.2, -0.15) is 0 Å². The van der Waals surface area contributed by atoms with Gasteiger partial charge in [-0.1, -0.05) is 30.3 Å². The van der Waals surface area contributed by atoms with Crippen molar-refractivity contribution in [1.29, 1.82) is 0 Å². The van der Waals surface area contributed by atoms with E-state index in [9.17, 15) is 0 Å². The van der Waals surface area contributed by atoms with Crippen LogP contribution in [0.1, 0.15) is 12.0 Å². The van der Waals surface area contributed by atoms with Crippen LogP contribution in [0.25, 0.3) is 0 Å². The Morgan fingerprint density at radius 3 is 2.50 bits per heavy atom. The maximum atomic E-state index is 5.99. The van der Waals surface area contributed by atoms with Gasteiger partial charge in [0.2, 0.25) is 0 Å². The summed E-state index contributed by atoms with van der Waals surface area (Å²) in [5, 5.41) is 0.178. The molecule has 1 aromatic rings. The lowest BCUT2D eigenvalue weighted by atomic mass is 10.1. The zero-order valence-corrected chi connectivity index (χ0v) is 7.59. The van der Waals surface area contributed by atoms with Crippen LogP contribution in [0.15, 0.2) is 30.3 Å². The highest BCUT2D eigenvalue weighted by Gasteiger charge is 2.49. The van der Waals surface area contributed by atoms with Gasteiger partial charge in [-0.15, -0.1) is 11.6 Å². The van der Waals surface area contributed by atoms with Crippen LogP contribution < -0.4 is 5.73 Å². The highest BCUT2D eigenvalue weighted by atomic mass is 35.5. The molecule has 2 unspecified atom stereocenters. The summed E-state index contributed by atoms with van der Waals surface area (Å²) in [6.07, 6.45) is 1.85. The zero-order valence-electron chi connectivity index (χ0n) is 6.83. The van der Waals surface area contributed by atoms with Gasteiger partial charge in [0, 0.05) is 5.54 Å². The van der Waals surface area contributed by atoms with Crippen molar-refractivity contribution in [2.75, 3.05) is 0 Å². The molecule has 2 heteroatoms. The maximum absolute atomic E-state index is 5.99. The van der Waals surface area contributed by atoms with Crippen LogP contribution in [0, 0.1) is 0 Å². The van der Waals surface area contributed by atoms with Crippen molar-refractivity contribution in [3.8, 4) is 0 Å². The molecule has 1 aromatic carbocycles. The Balaban J connectivity index is 2.06. The molecule has 0 aromatic heterocycles. The molecule has 2 rings (SSSR count). The fourth-order valence-electron chi connectivity index (χ4n) is 1.43. The van der Waals surface area contributed by atoms with Gasteiger partial charge >= 0.3 is 0 Å². The zero-order chi connectivity index (χ0) is 8.60. The SMILES string of the molecule is NC1(Cc2ccccc2)CC1Cl. The Labute approximate surface area is 77.5 Å². The average Bonchev–Trinajstić information content (AvgIpc) is 2.61. The Kier molecular flexibility index (Phi) is 1.85. The van der Waals surface area contributed by atoms with E-state index in [0.717, 1.165) is 12.8 Å². The van der Waals surface area contributed by atoms with E-state index in [1.54, 1.807) is 0 Å². The van der Waals surface area contributed by atoms with Crippen molar-refractivity contribution in [2.45, 2.75) is 23.8 Å². The van der Waals surface area contributed by atoms with E-state index in [1.807, 2.05) is 18.2 Å². The first-order valence-electron chi connectivity index (χ1n) is 4.18. The van der Waals surface area contributed by atoms with Crippen LogP contribution in [0.2, 0.25) is 0 Å². The molecule has 0 amide bonds. The molecule has 0 radical (unpaired) electrons. The van der Waals surface area contributed by atoms with E-state index in [-0.39, 0.29) is 10.9 Å². The Bertz CT molecular complexity index is 272. The molecule has 1 fully saturated rings. The molecular formula is C10H12ClN. The highest BCUT2D eigenvalue weighted by Crippen LogP contribution is 2.41. The smallest absolute Gasteiger partial charge is 0.0537 e. The van der Waals surface area contributed by atoms with Crippen LogP contribution in [-0.4, -0.2) is 10.9 Å². The first kappa shape index (κ1) is 8.09. The van der Waals surface area contributed by atoms with E-state index in [1.165, 1.54) is 5.56 Å². The number of alkyl halides is 1. The van der Waals surface area contributed by atoms with Gasteiger partial charge in [0.05, 0.1) is 5.38 Å². The summed E-state index contributed by atoms with van der Waals surface area (Å²) in [7, 11) is 0. The summed E-state index contributed by atoms with van der Waals surface area (Å²) in [6, 6.07) is 10.3. The average molecular weight is 182 g/mol. The third kappa shape index (κ3) is 1.47. The van der Waals surface area contributed by atoms with Crippen molar-refractivity contribution in [3.63, 3.8) is 0 Å². The Hall–Kier alpha value is -0.530. The number of hydrogen-bond donors (Lipinski definition) is 1. The lowest BCUT2D eigenvalue weighted by Crippen LogP contribution is -2.28. The van der Waals surface area contributed by atoms with Gasteiger partial charge < -0.3 is 5.73 Å². The van der Waals surface area contributed by atoms with Crippen LogP contribution in [0.4, 0.5) is 0 Å². The molecule has 1 saturated carbocycles. The second-order valence-corrected chi connectivity index (χ2v) is 4.09. The van der Waals surface area contributed by atoms with Crippen molar-refractivity contribution < 1.29 is 0 Å². The van der Waals surface area contributed by atoms with Crippen molar-refractivity contribution in [3.05, 3.63) is 35.9 Å². The minimum absolute atomic E-state index is 0.122. The van der Waals surface area contributed by atoms with Gasteiger partial charge in [0.15, 0.2) is 0 Å². The summed E-state index contributed by atoms with van der Waals surface area (Å²) in [6.45, 7) is 0. The van der Waals surface area contributed by atoms with Crippen LogP contribution in [-0.2, 0) is 6.42 Å². The highest BCUT2D eigenvalue weighted by molar-refractivity contribution is 6.23. The van der Waals surface area contributed by atoms with Gasteiger partial charge in [-0.3, -0.25) is 0 Å². The second kappa shape index (κ2) is 2.75. The van der Waals surface area contributed by atoms with E-state index >= 15 is 0 Å². The monoisotopic (exact) mass is 181 g/mol. The second-order valence-electron chi connectivity index (χ2n) is 3.57. The van der Waals surface area contributed by atoms with E-state index < -0.39 is 0 Å². The summed E-state index contributed by atoms with van der Waals surface area (Å²) >= 11 is 5.92. The standard InChI is InChI=1S/C10H12ClN/c11-9-7-10(9,12)6-8-4-2-1-3-5-8/h1-5,9H,6-7,12H2. The van der Waals surface area contributed by atoms with E-state index in [2.05, 4.69) is 12.1 Å². The minimum Gasteiger partial charge on any atom is -0.324 e. The van der Waals surface area contributed by atoms with Crippen LogP contribution in [0.3, 0.4) is 0 Å². The minimum atomic E-state index is -0.122. The molecular weight excluding hydrogens is 170 g/mol. The predicted octanol–water partition coefficient (Wildman–Crippen LogP) is 1.94. The molecule has 1 aliphatic rings. The van der Waals surface area contributed by atoms with Crippen LogP contribution in [0.5, 0.6) is 0 Å². The first-order chi connectivity index (χ1) is 5.71. The third-order valence-electron chi connectivity index (χ3n) is 2.40. The maximum Gasteiger partial charge on any atom is 0.0537 e. The molecule has 2 N–H and O–H groups in total. The summed E-state index contributed by atoms with van der Waals surface area (Å²) in [5.41, 5.74) is 7.15. The Morgan fingerprint density at radius 1 is 1.42 bits per heavy atom. The lowest BCUT2D eigenvalue weighted by molar-refractivity contribution is 0.674. The van der Waals surface area contributed by atoms with Crippen molar-refractivity contribution in [2.24, 2.45) is 5.73 Å². The number of halogens is 1. The normalized spacial score (nSPS) is 33.3. The van der Waals surface area contributed by atoms with Gasteiger partial charge in [-0.25, -0.2) is 0 Å². The molecule has 0 saturated heterocycles. The molecule has 12 heavy (non-hydrogen) atoms. The number of nitrogens with two attached hydrogens (primary N) is 1. The number of rotatable bonds is 2. The van der Waals surface area contributed by atoms with Crippen LogP contribution >= 0.6 is 11.6 Å².